The van der Waals surface area contributed by atoms with Crippen LogP contribution in [0, 0.1) is 0 Å². The summed E-state index contributed by atoms with van der Waals surface area (Å²) in [4.78, 5) is 12.2. The van der Waals surface area contributed by atoms with E-state index in [1.54, 1.807) is 6.07 Å². The summed E-state index contributed by atoms with van der Waals surface area (Å²) in [5, 5.41) is 12.2. The number of halogens is 1. The van der Waals surface area contributed by atoms with E-state index in [-0.39, 0.29) is 17.7 Å². The molecule has 0 aliphatic heterocycles. The van der Waals surface area contributed by atoms with Gasteiger partial charge in [0.25, 0.3) is 0 Å². The van der Waals surface area contributed by atoms with Crippen LogP contribution in [0.5, 0.6) is 0 Å². The molecule has 0 fully saturated rings. The first kappa shape index (κ1) is 20.2. The Morgan fingerprint density at radius 1 is 1.18 bits per heavy atom. The quantitative estimate of drug-likeness (QED) is 0.434. The highest BCUT2D eigenvalue weighted by molar-refractivity contribution is 7.99. The molecule has 2 aromatic carbocycles. The highest BCUT2D eigenvalue weighted by Crippen LogP contribution is 2.27. The van der Waals surface area contributed by atoms with E-state index in [1.807, 2.05) is 43.3 Å². The topological polar surface area (TPSA) is 85.8 Å². The maximum absolute atomic E-state index is 12.2. The van der Waals surface area contributed by atoms with Gasteiger partial charge in [0, 0.05) is 11.6 Å². The van der Waals surface area contributed by atoms with Crippen LogP contribution >= 0.6 is 23.4 Å². The van der Waals surface area contributed by atoms with Crippen LogP contribution in [0.1, 0.15) is 18.9 Å². The second-order valence-electron chi connectivity index (χ2n) is 6.44. The van der Waals surface area contributed by atoms with Gasteiger partial charge in [0.2, 0.25) is 11.1 Å². The monoisotopic (exact) mass is 415 g/mol. The molecule has 0 saturated carbocycles. The fraction of sp³-hybridized carbons (Fsp3) is 0.250. The number of aromatic nitrogens is 3. The number of nitrogens with two attached hydrogens (primary N) is 1. The third kappa shape index (κ3) is 5.27. The molecule has 0 aliphatic rings. The van der Waals surface area contributed by atoms with E-state index in [0.29, 0.717) is 21.6 Å². The summed E-state index contributed by atoms with van der Waals surface area (Å²) in [6, 6.07) is 17.6. The number of nitrogen functional groups attached to an aromatic ring is 1. The molecule has 1 unspecified atom stereocenters. The molecule has 1 amide bonds. The molecular formula is C20H22ClN5OS. The highest BCUT2D eigenvalue weighted by Gasteiger charge is 2.16. The number of nitrogens with zero attached hydrogens (tertiary/aromatic N) is 3. The summed E-state index contributed by atoms with van der Waals surface area (Å²) >= 11 is 7.43. The first-order valence-corrected chi connectivity index (χ1v) is 10.3. The van der Waals surface area contributed by atoms with Crippen LogP contribution in [0.3, 0.4) is 0 Å². The van der Waals surface area contributed by atoms with Crippen molar-refractivity contribution in [2.24, 2.45) is 0 Å². The molecule has 0 radical (unpaired) electrons. The molecule has 146 valence electrons. The number of benzene rings is 2. The van der Waals surface area contributed by atoms with Crippen LogP contribution in [0.25, 0.3) is 11.4 Å². The lowest BCUT2D eigenvalue weighted by molar-refractivity contribution is -0.119. The molecular weight excluding hydrogens is 394 g/mol. The number of nitrogens with one attached hydrogen (secondary N) is 1. The molecule has 1 aromatic heterocycles. The molecule has 0 spiro atoms. The molecule has 1 heterocycles. The number of carbonyl (C=O) groups is 1. The lowest BCUT2D eigenvalue weighted by Crippen LogP contribution is -2.34. The van der Waals surface area contributed by atoms with E-state index in [9.17, 15) is 4.79 Å². The Kier molecular flexibility index (Phi) is 6.95. The largest absolute Gasteiger partial charge is 0.353 e. The summed E-state index contributed by atoms with van der Waals surface area (Å²) in [6.07, 6.45) is 1.80. The number of hydrogen-bond acceptors (Lipinski definition) is 5. The molecule has 3 rings (SSSR count). The van der Waals surface area contributed by atoms with E-state index in [1.165, 1.54) is 22.0 Å². The third-order valence-electron chi connectivity index (χ3n) is 4.23. The second-order valence-corrected chi connectivity index (χ2v) is 7.79. The Morgan fingerprint density at radius 2 is 1.89 bits per heavy atom. The van der Waals surface area contributed by atoms with Crippen molar-refractivity contribution in [1.82, 2.24) is 20.2 Å². The minimum Gasteiger partial charge on any atom is -0.353 e. The molecule has 0 aliphatic carbocycles. The van der Waals surface area contributed by atoms with E-state index >= 15 is 0 Å². The SMILES string of the molecule is CC(CCc1ccccc1)NC(=O)CSc1nnc(-c2ccccc2Cl)n1N. The zero-order chi connectivity index (χ0) is 19.9. The molecule has 1 atom stereocenters. The normalized spacial score (nSPS) is 11.9. The van der Waals surface area contributed by atoms with Gasteiger partial charge in [-0.25, -0.2) is 4.68 Å². The number of rotatable bonds is 8. The van der Waals surface area contributed by atoms with Gasteiger partial charge in [-0.05, 0) is 37.5 Å². The number of amides is 1. The van der Waals surface area contributed by atoms with Gasteiger partial charge >= 0.3 is 0 Å². The third-order valence-corrected chi connectivity index (χ3v) is 5.50. The van der Waals surface area contributed by atoms with Gasteiger partial charge in [0.15, 0.2) is 5.82 Å². The smallest absolute Gasteiger partial charge is 0.230 e. The van der Waals surface area contributed by atoms with E-state index < -0.39 is 0 Å². The number of hydrogen-bond donors (Lipinski definition) is 2. The van der Waals surface area contributed by atoms with Gasteiger partial charge in [-0.1, -0.05) is 65.8 Å². The van der Waals surface area contributed by atoms with Crippen molar-refractivity contribution in [1.29, 1.82) is 0 Å². The maximum Gasteiger partial charge on any atom is 0.230 e. The summed E-state index contributed by atoms with van der Waals surface area (Å²) in [5.41, 5.74) is 1.96. The first-order chi connectivity index (χ1) is 13.5. The van der Waals surface area contributed by atoms with Crippen LogP contribution < -0.4 is 11.2 Å². The standard InChI is InChI=1S/C20H22ClN5OS/c1-14(11-12-15-7-3-2-4-8-15)23-18(27)13-28-20-25-24-19(26(20)22)16-9-5-6-10-17(16)21/h2-10,14H,11-13,22H2,1H3,(H,23,27). The predicted molar refractivity (Wildman–Crippen MR) is 114 cm³/mol. The Balaban J connectivity index is 1.50. The Morgan fingerprint density at radius 3 is 2.64 bits per heavy atom. The van der Waals surface area contributed by atoms with Crippen LogP contribution in [0.2, 0.25) is 5.02 Å². The van der Waals surface area contributed by atoms with Crippen LogP contribution in [-0.2, 0) is 11.2 Å². The zero-order valence-corrected chi connectivity index (χ0v) is 17.1. The minimum absolute atomic E-state index is 0.0622. The fourth-order valence-electron chi connectivity index (χ4n) is 2.75. The summed E-state index contributed by atoms with van der Waals surface area (Å²) in [7, 11) is 0. The van der Waals surface area contributed by atoms with Crippen molar-refractivity contribution in [2.75, 3.05) is 11.6 Å². The van der Waals surface area contributed by atoms with Gasteiger partial charge in [-0.2, -0.15) is 0 Å². The molecule has 3 N–H and O–H groups in total. The molecule has 0 bridgehead atoms. The molecule has 0 saturated heterocycles. The minimum atomic E-state index is -0.0622. The Labute approximate surface area is 173 Å². The first-order valence-electron chi connectivity index (χ1n) is 8.96. The summed E-state index contributed by atoms with van der Waals surface area (Å²) < 4.78 is 1.36. The molecule has 28 heavy (non-hydrogen) atoms. The van der Waals surface area contributed by atoms with Gasteiger partial charge in [-0.15, -0.1) is 10.2 Å². The predicted octanol–water partition coefficient (Wildman–Crippen LogP) is 3.54. The Hall–Kier alpha value is -2.51. The van der Waals surface area contributed by atoms with Crippen molar-refractivity contribution in [3.63, 3.8) is 0 Å². The number of carbonyl (C=O) groups excluding carboxylic acids is 1. The molecule has 6 nitrogen and oxygen atoms in total. The Bertz CT molecular complexity index is 931. The number of aryl methyl sites for hydroxylation is 1. The van der Waals surface area contributed by atoms with Crippen LogP contribution in [-0.4, -0.2) is 32.6 Å². The second kappa shape index (κ2) is 9.61. The lowest BCUT2D eigenvalue weighted by atomic mass is 10.1. The summed E-state index contributed by atoms with van der Waals surface area (Å²) in [5.74, 6) is 6.70. The zero-order valence-electron chi connectivity index (χ0n) is 15.5. The summed E-state index contributed by atoms with van der Waals surface area (Å²) in [6.45, 7) is 2.01. The van der Waals surface area contributed by atoms with Gasteiger partial charge in [0.1, 0.15) is 0 Å². The van der Waals surface area contributed by atoms with Gasteiger partial charge in [-0.3, -0.25) is 4.79 Å². The average molecular weight is 416 g/mol. The highest BCUT2D eigenvalue weighted by atomic mass is 35.5. The van der Waals surface area contributed by atoms with Crippen molar-refractivity contribution < 1.29 is 4.79 Å². The number of thioether (sulfide) groups is 1. The van der Waals surface area contributed by atoms with Crippen molar-refractivity contribution >= 4 is 29.3 Å². The van der Waals surface area contributed by atoms with E-state index in [2.05, 4.69) is 27.6 Å². The van der Waals surface area contributed by atoms with Crippen LogP contribution in [0.4, 0.5) is 0 Å². The van der Waals surface area contributed by atoms with Crippen LogP contribution in [0.15, 0.2) is 59.8 Å². The fourth-order valence-corrected chi connectivity index (χ4v) is 3.64. The van der Waals surface area contributed by atoms with E-state index in [4.69, 9.17) is 17.4 Å². The van der Waals surface area contributed by atoms with Crippen molar-refractivity contribution in [3.05, 3.63) is 65.2 Å². The lowest BCUT2D eigenvalue weighted by Gasteiger charge is -2.13. The molecule has 3 aromatic rings. The van der Waals surface area contributed by atoms with Crippen molar-refractivity contribution in [3.8, 4) is 11.4 Å². The van der Waals surface area contributed by atoms with Gasteiger partial charge < -0.3 is 11.2 Å². The maximum atomic E-state index is 12.2. The van der Waals surface area contributed by atoms with E-state index in [0.717, 1.165) is 12.8 Å². The molecule has 8 heteroatoms. The van der Waals surface area contributed by atoms with Crippen molar-refractivity contribution in [2.45, 2.75) is 31.0 Å². The van der Waals surface area contributed by atoms with Gasteiger partial charge in [0.05, 0.1) is 10.8 Å². The average Bonchev–Trinajstić information content (AvgIpc) is 3.06.